The molecule has 1 saturated heterocycles. The second kappa shape index (κ2) is 5.63. The molecule has 0 saturated carbocycles. The summed E-state index contributed by atoms with van der Waals surface area (Å²) >= 11 is 0. The summed E-state index contributed by atoms with van der Waals surface area (Å²) in [5.41, 5.74) is 0. The fourth-order valence-electron chi connectivity index (χ4n) is 1.88. The van der Waals surface area contributed by atoms with Gasteiger partial charge < -0.3 is 4.90 Å². The highest BCUT2D eigenvalue weighted by Gasteiger charge is 2.29. The van der Waals surface area contributed by atoms with Gasteiger partial charge >= 0.3 is 6.36 Å². The standard InChI is InChI=1S/C10H16F3NO2/c1-8(15)9-3-2-4-14(7-9)5-6-16-10(11,12)13/h9H,2-7H2,1H3. The van der Waals surface area contributed by atoms with Gasteiger partial charge in [0.2, 0.25) is 0 Å². The molecule has 3 nitrogen and oxygen atoms in total. The number of hydrogen-bond acceptors (Lipinski definition) is 3. The molecule has 1 rings (SSSR count). The van der Waals surface area contributed by atoms with Crippen molar-refractivity contribution in [1.29, 1.82) is 0 Å². The summed E-state index contributed by atoms with van der Waals surface area (Å²) in [5, 5.41) is 0. The average molecular weight is 239 g/mol. The Balaban J connectivity index is 2.24. The predicted octanol–water partition coefficient (Wildman–Crippen LogP) is 1.82. The molecule has 0 amide bonds. The Morgan fingerprint density at radius 1 is 1.50 bits per heavy atom. The van der Waals surface area contributed by atoms with Crippen molar-refractivity contribution >= 4 is 5.78 Å². The minimum absolute atomic E-state index is 0.0281. The van der Waals surface area contributed by atoms with Crippen LogP contribution in [0.1, 0.15) is 19.8 Å². The van der Waals surface area contributed by atoms with Crippen LogP contribution in [0.3, 0.4) is 0 Å². The van der Waals surface area contributed by atoms with Gasteiger partial charge in [-0.25, -0.2) is 0 Å². The van der Waals surface area contributed by atoms with Crippen LogP contribution in [0.5, 0.6) is 0 Å². The number of carbonyl (C=O) groups excluding carboxylic acids is 1. The lowest BCUT2D eigenvalue weighted by Gasteiger charge is -2.31. The van der Waals surface area contributed by atoms with Crippen molar-refractivity contribution in [3.05, 3.63) is 0 Å². The van der Waals surface area contributed by atoms with E-state index in [-0.39, 0.29) is 24.9 Å². The van der Waals surface area contributed by atoms with Gasteiger partial charge in [-0.15, -0.1) is 13.2 Å². The highest BCUT2D eigenvalue weighted by molar-refractivity contribution is 5.78. The summed E-state index contributed by atoms with van der Waals surface area (Å²) in [6, 6.07) is 0. The summed E-state index contributed by atoms with van der Waals surface area (Å²) in [5.74, 6) is 0.0843. The third-order valence-electron chi connectivity index (χ3n) is 2.75. The molecule has 0 aromatic carbocycles. The van der Waals surface area contributed by atoms with Gasteiger partial charge in [0.15, 0.2) is 0 Å². The largest absolute Gasteiger partial charge is 0.522 e. The molecular formula is C10H16F3NO2. The Labute approximate surface area is 92.5 Å². The van der Waals surface area contributed by atoms with Gasteiger partial charge in [0.05, 0.1) is 6.61 Å². The van der Waals surface area contributed by atoms with Gasteiger partial charge in [-0.1, -0.05) is 0 Å². The monoisotopic (exact) mass is 239 g/mol. The van der Waals surface area contributed by atoms with Crippen LogP contribution in [0.2, 0.25) is 0 Å². The van der Waals surface area contributed by atoms with Gasteiger partial charge in [-0.3, -0.25) is 9.53 Å². The maximum absolute atomic E-state index is 11.7. The number of alkyl halides is 3. The van der Waals surface area contributed by atoms with E-state index in [1.54, 1.807) is 0 Å². The Morgan fingerprint density at radius 3 is 2.75 bits per heavy atom. The number of ketones is 1. The lowest BCUT2D eigenvalue weighted by atomic mass is 9.95. The average Bonchev–Trinajstić information content (AvgIpc) is 2.16. The zero-order valence-corrected chi connectivity index (χ0v) is 9.22. The van der Waals surface area contributed by atoms with Crippen molar-refractivity contribution in [2.45, 2.75) is 26.1 Å². The number of nitrogens with zero attached hydrogens (tertiary/aromatic N) is 1. The predicted molar refractivity (Wildman–Crippen MR) is 51.9 cm³/mol. The molecule has 94 valence electrons. The molecule has 0 N–H and O–H groups in total. The second-order valence-corrected chi connectivity index (χ2v) is 4.04. The minimum Gasteiger partial charge on any atom is -0.300 e. The Bertz CT molecular complexity index is 243. The highest BCUT2D eigenvalue weighted by atomic mass is 19.4. The minimum atomic E-state index is -4.56. The van der Waals surface area contributed by atoms with Crippen LogP contribution in [0.4, 0.5) is 13.2 Å². The van der Waals surface area contributed by atoms with Gasteiger partial charge in [0.1, 0.15) is 5.78 Å². The van der Waals surface area contributed by atoms with E-state index in [9.17, 15) is 18.0 Å². The first-order chi connectivity index (χ1) is 7.38. The van der Waals surface area contributed by atoms with E-state index in [0.717, 1.165) is 19.4 Å². The molecular weight excluding hydrogens is 223 g/mol. The molecule has 1 heterocycles. The first-order valence-electron chi connectivity index (χ1n) is 5.32. The fraction of sp³-hybridized carbons (Fsp3) is 0.900. The van der Waals surface area contributed by atoms with E-state index in [1.165, 1.54) is 6.92 Å². The van der Waals surface area contributed by atoms with Crippen LogP contribution in [-0.2, 0) is 9.53 Å². The quantitative estimate of drug-likeness (QED) is 0.749. The number of piperidine rings is 1. The molecule has 0 spiro atoms. The van der Waals surface area contributed by atoms with E-state index in [2.05, 4.69) is 4.74 Å². The summed E-state index contributed by atoms with van der Waals surface area (Å²) in [6.07, 6.45) is -2.86. The van der Waals surface area contributed by atoms with Crippen LogP contribution in [0, 0.1) is 5.92 Å². The number of ether oxygens (including phenoxy) is 1. The van der Waals surface area contributed by atoms with Crippen LogP contribution in [0.25, 0.3) is 0 Å². The topological polar surface area (TPSA) is 29.5 Å². The third kappa shape index (κ3) is 4.94. The third-order valence-corrected chi connectivity index (χ3v) is 2.75. The molecule has 1 fully saturated rings. The molecule has 6 heteroatoms. The van der Waals surface area contributed by atoms with Crippen molar-refractivity contribution in [3.63, 3.8) is 0 Å². The second-order valence-electron chi connectivity index (χ2n) is 4.04. The van der Waals surface area contributed by atoms with Gasteiger partial charge in [-0.05, 0) is 26.3 Å². The molecule has 0 aromatic heterocycles. The van der Waals surface area contributed by atoms with E-state index >= 15 is 0 Å². The van der Waals surface area contributed by atoms with Crippen molar-refractivity contribution in [1.82, 2.24) is 4.90 Å². The molecule has 0 aromatic rings. The van der Waals surface area contributed by atoms with Crippen LogP contribution in [0.15, 0.2) is 0 Å². The highest BCUT2D eigenvalue weighted by Crippen LogP contribution is 2.18. The van der Waals surface area contributed by atoms with E-state index < -0.39 is 6.36 Å². The first-order valence-corrected chi connectivity index (χ1v) is 5.32. The van der Waals surface area contributed by atoms with Crippen LogP contribution in [-0.4, -0.2) is 43.3 Å². The number of carbonyl (C=O) groups is 1. The molecule has 1 aliphatic rings. The smallest absolute Gasteiger partial charge is 0.300 e. The lowest BCUT2D eigenvalue weighted by molar-refractivity contribution is -0.325. The Hall–Kier alpha value is -0.620. The normalized spacial score (nSPS) is 23.4. The summed E-state index contributed by atoms with van der Waals surface area (Å²) in [6.45, 7) is 2.68. The molecule has 1 atom stereocenters. The number of Topliss-reactive ketones (excluding diaryl/α,β-unsaturated/α-hetero) is 1. The van der Waals surface area contributed by atoms with Gasteiger partial charge in [0.25, 0.3) is 0 Å². The van der Waals surface area contributed by atoms with Crippen LogP contribution < -0.4 is 0 Å². The van der Waals surface area contributed by atoms with Gasteiger partial charge in [0, 0.05) is 19.0 Å². The number of hydrogen-bond donors (Lipinski definition) is 0. The SMILES string of the molecule is CC(=O)C1CCCN(CCOC(F)(F)F)C1. The molecule has 1 unspecified atom stereocenters. The number of likely N-dealkylation sites (tertiary alicyclic amines) is 1. The summed E-state index contributed by atoms with van der Waals surface area (Å²) in [4.78, 5) is 13.0. The van der Waals surface area contributed by atoms with Crippen molar-refractivity contribution in [3.8, 4) is 0 Å². The summed E-state index contributed by atoms with van der Waals surface area (Å²) in [7, 11) is 0. The zero-order valence-electron chi connectivity index (χ0n) is 9.22. The maximum atomic E-state index is 11.7. The lowest BCUT2D eigenvalue weighted by Crippen LogP contribution is -2.40. The van der Waals surface area contributed by atoms with E-state index in [1.807, 2.05) is 4.90 Å². The Morgan fingerprint density at radius 2 is 2.19 bits per heavy atom. The van der Waals surface area contributed by atoms with E-state index in [0.29, 0.717) is 6.54 Å². The molecule has 1 aliphatic heterocycles. The number of rotatable bonds is 4. The summed E-state index contributed by atoms with van der Waals surface area (Å²) < 4.78 is 38.9. The fourth-order valence-corrected chi connectivity index (χ4v) is 1.88. The number of halogens is 3. The van der Waals surface area contributed by atoms with Gasteiger partial charge in [-0.2, -0.15) is 0 Å². The first kappa shape index (κ1) is 13.4. The zero-order chi connectivity index (χ0) is 12.2. The van der Waals surface area contributed by atoms with Crippen LogP contribution >= 0.6 is 0 Å². The molecule has 0 bridgehead atoms. The van der Waals surface area contributed by atoms with Crippen molar-refractivity contribution in [2.75, 3.05) is 26.2 Å². The molecule has 16 heavy (non-hydrogen) atoms. The Kier molecular flexibility index (Phi) is 4.73. The molecule has 0 aliphatic carbocycles. The van der Waals surface area contributed by atoms with Crippen molar-refractivity contribution in [2.24, 2.45) is 5.92 Å². The maximum Gasteiger partial charge on any atom is 0.522 e. The molecule has 0 radical (unpaired) electrons. The van der Waals surface area contributed by atoms with Crippen molar-refractivity contribution < 1.29 is 22.7 Å². The van der Waals surface area contributed by atoms with E-state index in [4.69, 9.17) is 0 Å².